The highest BCUT2D eigenvalue weighted by Crippen LogP contribution is 2.40. The zero-order valence-corrected chi connectivity index (χ0v) is 8.10. The van der Waals surface area contributed by atoms with Crippen molar-refractivity contribution in [3.05, 3.63) is 41.1 Å². The summed E-state index contributed by atoms with van der Waals surface area (Å²) in [4.78, 5) is 0. The van der Waals surface area contributed by atoms with Gasteiger partial charge in [0.25, 0.3) is 0 Å². The maximum atomic E-state index is 13.3. The second kappa shape index (κ2) is 3.13. The molecule has 2 rings (SSSR count). The van der Waals surface area contributed by atoms with Gasteiger partial charge in [-0.15, -0.1) is 0 Å². The fourth-order valence-corrected chi connectivity index (χ4v) is 1.60. The molecule has 0 unspecified atom stereocenters. The van der Waals surface area contributed by atoms with E-state index >= 15 is 0 Å². The average Bonchev–Trinajstić information content (AvgIpc) is 2.87. The molecular formula is C12H14F. The van der Waals surface area contributed by atoms with Crippen molar-refractivity contribution in [2.45, 2.75) is 32.6 Å². The summed E-state index contributed by atoms with van der Waals surface area (Å²) in [6.45, 7) is 3.91. The Morgan fingerprint density at radius 3 is 2.54 bits per heavy atom. The number of rotatable bonds is 2. The summed E-state index contributed by atoms with van der Waals surface area (Å²) >= 11 is 0. The maximum Gasteiger partial charge on any atom is 0.126 e. The van der Waals surface area contributed by atoms with E-state index in [0.717, 1.165) is 11.5 Å². The summed E-state index contributed by atoms with van der Waals surface area (Å²) in [7, 11) is 0. The molecule has 0 aromatic heterocycles. The summed E-state index contributed by atoms with van der Waals surface area (Å²) in [5, 5.41) is 0. The highest BCUT2D eigenvalue weighted by molar-refractivity contribution is 5.36. The van der Waals surface area contributed by atoms with E-state index in [2.05, 4.69) is 0 Å². The molecule has 0 amide bonds. The molecule has 0 heterocycles. The van der Waals surface area contributed by atoms with Gasteiger partial charge in [0.05, 0.1) is 0 Å². The summed E-state index contributed by atoms with van der Waals surface area (Å²) in [5.74, 6) is 1.67. The van der Waals surface area contributed by atoms with E-state index in [1.165, 1.54) is 18.4 Å². The molecule has 1 aliphatic rings. The zero-order chi connectivity index (χ0) is 9.42. The van der Waals surface area contributed by atoms with Crippen molar-refractivity contribution in [3.8, 4) is 0 Å². The van der Waals surface area contributed by atoms with Crippen LogP contribution in [0.3, 0.4) is 0 Å². The summed E-state index contributed by atoms with van der Waals surface area (Å²) in [6, 6.07) is 5.51. The molecule has 0 bridgehead atoms. The topological polar surface area (TPSA) is 0 Å². The van der Waals surface area contributed by atoms with Crippen molar-refractivity contribution in [1.29, 1.82) is 0 Å². The van der Waals surface area contributed by atoms with E-state index in [-0.39, 0.29) is 5.82 Å². The van der Waals surface area contributed by atoms with Crippen molar-refractivity contribution >= 4 is 0 Å². The first-order chi connectivity index (χ1) is 6.18. The van der Waals surface area contributed by atoms with Gasteiger partial charge in [0, 0.05) is 5.92 Å². The van der Waals surface area contributed by atoms with Crippen molar-refractivity contribution in [3.63, 3.8) is 0 Å². The molecule has 1 radical (unpaired) electrons. The van der Waals surface area contributed by atoms with Crippen LogP contribution >= 0.6 is 0 Å². The van der Waals surface area contributed by atoms with Gasteiger partial charge in [-0.3, -0.25) is 0 Å². The van der Waals surface area contributed by atoms with Crippen LogP contribution in [-0.2, 0) is 0 Å². The number of halogens is 1. The third kappa shape index (κ3) is 1.74. The van der Waals surface area contributed by atoms with Crippen LogP contribution in [0.5, 0.6) is 0 Å². The second-order valence-electron chi connectivity index (χ2n) is 4.01. The molecule has 0 saturated heterocycles. The zero-order valence-electron chi connectivity index (χ0n) is 8.10. The van der Waals surface area contributed by atoms with Gasteiger partial charge in [-0.2, -0.15) is 0 Å². The van der Waals surface area contributed by atoms with Crippen molar-refractivity contribution in [2.75, 3.05) is 0 Å². The van der Waals surface area contributed by atoms with Crippen LogP contribution < -0.4 is 0 Å². The first kappa shape index (κ1) is 8.74. The van der Waals surface area contributed by atoms with E-state index in [4.69, 9.17) is 0 Å². The molecule has 1 saturated carbocycles. The van der Waals surface area contributed by atoms with Gasteiger partial charge in [0.1, 0.15) is 5.82 Å². The maximum absolute atomic E-state index is 13.3. The highest BCUT2D eigenvalue weighted by atomic mass is 19.1. The lowest BCUT2D eigenvalue weighted by molar-refractivity contribution is 0.615. The minimum atomic E-state index is -0.0931. The Kier molecular flexibility index (Phi) is 2.10. The highest BCUT2D eigenvalue weighted by Gasteiger charge is 2.24. The minimum Gasteiger partial charge on any atom is -0.207 e. The van der Waals surface area contributed by atoms with E-state index in [1.807, 2.05) is 26.0 Å². The van der Waals surface area contributed by atoms with Gasteiger partial charge in [0.2, 0.25) is 0 Å². The SMILES string of the molecule is C[C](C)c1cc(C2CC2)ccc1F. The van der Waals surface area contributed by atoms with Gasteiger partial charge in [-0.25, -0.2) is 4.39 Å². The summed E-state index contributed by atoms with van der Waals surface area (Å²) < 4.78 is 13.3. The minimum absolute atomic E-state index is 0.0931. The van der Waals surface area contributed by atoms with Crippen molar-refractivity contribution in [2.24, 2.45) is 0 Å². The average molecular weight is 177 g/mol. The fraction of sp³-hybridized carbons (Fsp3) is 0.417. The Morgan fingerprint density at radius 2 is 2.00 bits per heavy atom. The lowest BCUT2D eigenvalue weighted by atomic mass is 9.98. The molecule has 0 nitrogen and oxygen atoms in total. The number of hydrogen-bond acceptors (Lipinski definition) is 0. The molecule has 13 heavy (non-hydrogen) atoms. The van der Waals surface area contributed by atoms with Gasteiger partial charge >= 0.3 is 0 Å². The van der Waals surface area contributed by atoms with Crippen LogP contribution in [-0.4, -0.2) is 0 Å². The monoisotopic (exact) mass is 177 g/mol. The van der Waals surface area contributed by atoms with Crippen molar-refractivity contribution < 1.29 is 4.39 Å². The molecule has 0 N–H and O–H groups in total. The van der Waals surface area contributed by atoms with Crippen LogP contribution in [0.2, 0.25) is 0 Å². The standard InChI is InChI=1S/C12H14F/c1-8(2)11-7-10(9-3-4-9)5-6-12(11)13/h5-7,9H,3-4H2,1-2H3. The Labute approximate surface area is 78.8 Å². The van der Waals surface area contributed by atoms with Gasteiger partial charge in [-0.05, 0) is 36.0 Å². The predicted octanol–water partition coefficient (Wildman–Crippen LogP) is 3.67. The normalized spacial score (nSPS) is 16.6. The Hall–Kier alpha value is -0.850. The van der Waals surface area contributed by atoms with Crippen LogP contribution in [0.1, 0.15) is 43.7 Å². The fourth-order valence-electron chi connectivity index (χ4n) is 1.60. The Morgan fingerprint density at radius 1 is 1.31 bits per heavy atom. The quantitative estimate of drug-likeness (QED) is 0.646. The second-order valence-corrected chi connectivity index (χ2v) is 4.01. The Bertz CT molecular complexity index is 311. The van der Waals surface area contributed by atoms with E-state index in [1.54, 1.807) is 6.07 Å². The molecule has 1 fully saturated rings. The van der Waals surface area contributed by atoms with Gasteiger partial charge in [-0.1, -0.05) is 26.0 Å². The predicted molar refractivity (Wildman–Crippen MR) is 52.1 cm³/mol. The van der Waals surface area contributed by atoms with Crippen LogP contribution in [0.4, 0.5) is 4.39 Å². The molecule has 1 aromatic carbocycles. The van der Waals surface area contributed by atoms with E-state index < -0.39 is 0 Å². The number of benzene rings is 1. The molecule has 0 spiro atoms. The van der Waals surface area contributed by atoms with Crippen LogP contribution in [0.15, 0.2) is 18.2 Å². The summed E-state index contributed by atoms with van der Waals surface area (Å²) in [6.07, 6.45) is 2.54. The lowest BCUT2D eigenvalue weighted by Crippen LogP contribution is -1.95. The van der Waals surface area contributed by atoms with E-state index in [9.17, 15) is 4.39 Å². The van der Waals surface area contributed by atoms with Crippen molar-refractivity contribution in [1.82, 2.24) is 0 Å². The molecule has 69 valence electrons. The molecule has 1 heteroatoms. The first-order valence-corrected chi connectivity index (χ1v) is 4.78. The third-order valence-electron chi connectivity index (χ3n) is 2.58. The largest absolute Gasteiger partial charge is 0.207 e. The lowest BCUT2D eigenvalue weighted by Gasteiger charge is -2.08. The Balaban J connectivity index is 2.36. The summed E-state index contributed by atoms with van der Waals surface area (Å²) in [5.41, 5.74) is 2.09. The van der Waals surface area contributed by atoms with Crippen LogP contribution in [0, 0.1) is 11.7 Å². The molecule has 0 atom stereocenters. The molecular weight excluding hydrogens is 163 g/mol. The first-order valence-electron chi connectivity index (χ1n) is 4.78. The third-order valence-corrected chi connectivity index (χ3v) is 2.58. The van der Waals surface area contributed by atoms with Crippen LogP contribution in [0.25, 0.3) is 0 Å². The number of hydrogen-bond donors (Lipinski definition) is 0. The molecule has 1 aromatic rings. The molecule has 1 aliphatic carbocycles. The molecule has 0 aliphatic heterocycles. The van der Waals surface area contributed by atoms with Gasteiger partial charge < -0.3 is 0 Å². The van der Waals surface area contributed by atoms with E-state index in [0.29, 0.717) is 5.92 Å². The smallest absolute Gasteiger partial charge is 0.126 e. The van der Waals surface area contributed by atoms with Gasteiger partial charge in [0.15, 0.2) is 0 Å².